The van der Waals surface area contributed by atoms with E-state index in [9.17, 15) is 9.59 Å². The first-order valence-electron chi connectivity index (χ1n) is 5.07. The Morgan fingerprint density at radius 1 is 1.53 bits per heavy atom. The van der Waals surface area contributed by atoms with Crippen molar-refractivity contribution in [1.29, 1.82) is 0 Å². The van der Waals surface area contributed by atoms with Gasteiger partial charge < -0.3 is 20.5 Å². The van der Waals surface area contributed by atoms with Gasteiger partial charge in [-0.3, -0.25) is 4.79 Å². The molecule has 0 aliphatic carbocycles. The number of nitrogens with one attached hydrogen (secondary N) is 2. The standard InChI is InChI=1S/C11H12N2O4/c1-17-8-5-12-9-6(11(15)16)3-2-4-7(9)13-10(8)14/h2-4,8,12H,5H2,1H3,(H,13,14)(H,15,16). The number of para-hydroxylation sites is 1. The smallest absolute Gasteiger partial charge is 0.337 e. The molecule has 0 fully saturated rings. The first-order chi connectivity index (χ1) is 8.13. The molecule has 0 saturated carbocycles. The second-order valence-corrected chi connectivity index (χ2v) is 3.63. The maximum atomic E-state index is 11.7. The summed E-state index contributed by atoms with van der Waals surface area (Å²) in [5.74, 6) is -1.33. The number of amides is 1. The van der Waals surface area contributed by atoms with Crippen molar-refractivity contribution in [2.24, 2.45) is 0 Å². The maximum Gasteiger partial charge on any atom is 0.337 e. The Balaban J connectivity index is 2.42. The number of ether oxygens (including phenoxy) is 1. The van der Waals surface area contributed by atoms with Crippen molar-refractivity contribution in [1.82, 2.24) is 0 Å². The van der Waals surface area contributed by atoms with Gasteiger partial charge in [0.2, 0.25) is 0 Å². The van der Waals surface area contributed by atoms with Crippen LogP contribution in [0.5, 0.6) is 0 Å². The second kappa shape index (κ2) is 4.42. The van der Waals surface area contributed by atoms with Gasteiger partial charge in [-0.25, -0.2) is 4.79 Å². The van der Waals surface area contributed by atoms with Crippen LogP contribution in [0.2, 0.25) is 0 Å². The predicted octanol–water partition coefficient (Wildman–Crippen LogP) is 0.764. The lowest BCUT2D eigenvalue weighted by Crippen LogP contribution is -2.32. The van der Waals surface area contributed by atoms with Crippen molar-refractivity contribution in [3.63, 3.8) is 0 Å². The van der Waals surface area contributed by atoms with Crippen LogP contribution in [-0.4, -0.2) is 36.7 Å². The van der Waals surface area contributed by atoms with Crippen LogP contribution in [0.25, 0.3) is 0 Å². The zero-order chi connectivity index (χ0) is 12.4. The van der Waals surface area contributed by atoms with Gasteiger partial charge in [0.25, 0.3) is 5.91 Å². The normalized spacial score (nSPS) is 18.6. The van der Waals surface area contributed by atoms with Crippen LogP contribution in [0.15, 0.2) is 18.2 Å². The number of anilines is 2. The highest BCUT2D eigenvalue weighted by atomic mass is 16.5. The fraction of sp³-hybridized carbons (Fsp3) is 0.273. The van der Waals surface area contributed by atoms with E-state index in [4.69, 9.17) is 9.84 Å². The van der Waals surface area contributed by atoms with Gasteiger partial charge in [0.1, 0.15) is 0 Å². The number of aromatic carboxylic acids is 1. The number of carboxylic acid groups (broad SMARTS) is 1. The lowest BCUT2D eigenvalue weighted by atomic mass is 10.1. The Kier molecular flexibility index (Phi) is 2.97. The zero-order valence-electron chi connectivity index (χ0n) is 9.19. The van der Waals surface area contributed by atoms with E-state index >= 15 is 0 Å². The van der Waals surface area contributed by atoms with Crippen molar-refractivity contribution >= 4 is 23.3 Å². The van der Waals surface area contributed by atoms with E-state index in [1.54, 1.807) is 12.1 Å². The van der Waals surface area contributed by atoms with E-state index in [1.165, 1.54) is 13.2 Å². The minimum Gasteiger partial charge on any atom is -0.478 e. The summed E-state index contributed by atoms with van der Waals surface area (Å²) < 4.78 is 4.99. The molecule has 6 nitrogen and oxygen atoms in total. The highest BCUT2D eigenvalue weighted by Crippen LogP contribution is 2.28. The molecule has 1 amide bonds. The first-order valence-corrected chi connectivity index (χ1v) is 5.07. The number of hydrogen-bond acceptors (Lipinski definition) is 4. The van der Waals surface area contributed by atoms with Gasteiger partial charge in [0.15, 0.2) is 6.10 Å². The first kappa shape index (κ1) is 11.4. The number of methoxy groups -OCH3 is 1. The van der Waals surface area contributed by atoms with Gasteiger partial charge in [0, 0.05) is 7.11 Å². The average Bonchev–Trinajstić information content (AvgIpc) is 2.46. The summed E-state index contributed by atoms with van der Waals surface area (Å²) in [7, 11) is 1.43. The molecule has 1 atom stereocenters. The topological polar surface area (TPSA) is 87.7 Å². The van der Waals surface area contributed by atoms with Crippen LogP contribution in [0.3, 0.4) is 0 Å². The number of carbonyl (C=O) groups is 2. The fourth-order valence-corrected chi connectivity index (χ4v) is 1.72. The molecule has 1 aromatic carbocycles. The Morgan fingerprint density at radius 3 is 2.94 bits per heavy atom. The number of hydrogen-bond donors (Lipinski definition) is 3. The molecule has 1 heterocycles. The molecule has 1 aliphatic heterocycles. The van der Waals surface area contributed by atoms with E-state index in [1.807, 2.05) is 0 Å². The Bertz CT molecular complexity index is 473. The van der Waals surface area contributed by atoms with Crippen LogP contribution < -0.4 is 10.6 Å². The summed E-state index contributed by atoms with van der Waals surface area (Å²) >= 11 is 0. The lowest BCUT2D eigenvalue weighted by Gasteiger charge is -2.10. The van der Waals surface area contributed by atoms with E-state index in [0.717, 1.165) is 0 Å². The lowest BCUT2D eigenvalue weighted by molar-refractivity contribution is -0.124. The number of carboxylic acids is 1. The largest absolute Gasteiger partial charge is 0.478 e. The molecule has 1 unspecified atom stereocenters. The van der Waals surface area contributed by atoms with Gasteiger partial charge >= 0.3 is 5.97 Å². The van der Waals surface area contributed by atoms with E-state index in [-0.39, 0.29) is 18.0 Å². The monoisotopic (exact) mass is 236 g/mol. The average molecular weight is 236 g/mol. The molecule has 3 N–H and O–H groups in total. The van der Waals surface area contributed by atoms with Crippen LogP contribution in [0, 0.1) is 0 Å². The van der Waals surface area contributed by atoms with Crippen molar-refractivity contribution in [2.45, 2.75) is 6.10 Å². The molecular formula is C11H12N2O4. The molecular weight excluding hydrogens is 224 g/mol. The number of carbonyl (C=O) groups excluding carboxylic acids is 1. The molecule has 0 bridgehead atoms. The second-order valence-electron chi connectivity index (χ2n) is 3.63. The summed E-state index contributed by atoms with van der Waals surface area (Å²) in [5.41, 5.74) is 0.988. The highest BCUT2D eigenvalue weighted by Gasteiger charge is 2.25. The summed E-state index contributed by atoms with van der Waals surface area (Å²) in [5, 5.41) is 14.6. The van der Waals surface area contributed by atoms with Gasteiger partial charge in [-0.2, -0.15) is 0 Å². The van der Waals surface area contributed by atoms with Crippen LogP contribution >= 0.6 is 0 Å². The van der Waals surface area contributed by atoms with E-state index in [0.29, 0.717) is 11.4 Å². The number of benzene rings is 1. The van der Waals surface area contributed by atoms with Gasteiger partial charge in [-0.15, -0.1) is 0 Å². The van der Waals surface area contributed by atoms with Crippen molar-refractivity contribution in [3.05, 3.63) is 23.8 Å². The molecule has 2 rings (SSSR count). The SMILES string of the molecule is COC1CNc2c(cccc2C(=O)O)NC1=O. The molecule has 0 aromatic heterocycles. The maximum absolute atomic E-state index is 11.7. The molecule has 6 heteroatoms. The molecule has 0 radical (unpaired) electrons. The minimum absolute atomic E-state index is 0.125. The van der Waals surface area contributed by atoms with Crippen LogP contribution in [0.4, 0.5) is 11.4 Å². The number of fused-ring (bicyclic) bond motifs is 1. The number of rotatable bonds is 2. The quantitative estimate of drug-likeness (QED) is 0.705. The Morgan fingerprint density at radius 2 is 2.29 bits per heavy atom. The third-order valence-electron chi connectivity index (χ3n) is 2.59. The zero-order valence-corrected chi connectivity index (χ0v) is 9.19. The molecule has 1 aromatic rings. The third kappa shape index (κ3) is 2.07. The van der Waals surface area contributed by atoms with Crippen LogP contribution in [0.1, 0.15) is 10.4 Å². The third-order valence-corrected chi connectivity index (χ3v) is 2.59. The van der Waals surface area contributed by atoms with Crippen LogP contribution in [-0.2, 0) is 9.53 Å². The Hall–Kier alpha value is -2.08. The molecule has 1 aliphatic rings. The van der Waals surface area contributed by atoms with Crippen molar-refractivity contribution in [2.75, 3.05) is 24.3 Å². The highest BCUT2D eigenvalue weighted by molar-refractivity contribution is 6.04. The predicted molar refractivity (Wildman–Crippen MR) is 61.3 cm³/mol. The van der Waals surface area contributed by atoms with Gasteiger partial charge in [-0.05, 0) is 12.1 Å². The molecule has 17 heavy (non-hydrogen) atoms. The molecule has 0 spiro atoms. The summed E-state index contributed by atoms with van der Waals surface area (Å²) in [6, 6.07) is 4.70. The Labute approximate surface area is 97.6 Å². The molecule has 0 saturated heterocycles. The summed E-state index contributed by atoms with van der Waals surface area (Å²) in [6.07, 6.45) is -0.635. The van der Waals surface area contributed by atoms with Gasteiger partial charge in [-0.1, -0.05) is 6.07 Å². The van der Waals surface area contributed by atoms with E-state index < -0.39 is 12.1 Å². The van der Waals surface area contributed by atoms with Crippen molar-refractivity contribution in [3.8, 4) is 0 Å². The summed E-state index contributed by atoms with van der Waals surface area (Å²) in [6.45, 7) is 0.236. The van der Waals surface area contributed by atoms with E-state index in [2.05, 4.69) is 10.6 Å². The minimum atomic E-state index is -1.04. The van der Waals surface area contributed by atoms with Crippen molar-refractivity contribution < 1.29 is 19.4 Å². The molecule has 90 valence electrons. The van der Waals surface area contributed by atoms with Gasteiger partial charge in [0.05, 0.1) is 23.5 Å². The summed E-state index contributed by atoms with van der Waals surface area (Å²) in [4.78, 5) is 22.7. The fourth-order valence-electron chi connectivity index (χ4n) is 1.72.